The van der Waals surface area contributed by atoms with E-state index in [0.717, 1.165) is 11.3 Å². The molecule has 19 heavy (non-hydrogen) atoms. The van der Waals surface area contributed by atoms with Crippen molar-refractivity contribution in [2.45, 2.75) is 26.2 Å². The minimum absolute atomic E-state index is 0.236. The summed E-state index contributed by atoms with van der Waals surface area (Å²) in [4.78, 5) is 16.3. The number of aryl methyl sites for hydroxylation is 3. The second-order valence-corrected chi connectivity index (χ2v) is 4.89. The van der Waals surface area contributed by atoms with Crippen LogP contribution in [0.2, 0.25) is 0 Å². The van der Waals surface area contributed by atoms with Crippen LogP contribution in [0.1, 0.15) is 28.1 Å². The van der Waals surface area contributed by atoms with Crippen LogP contribution in [0.4, 0.5) is 0 Å². The summed E-state index contributed by atoms with van der Waals surface area (Å²) in [6.07, 6.45) is 1.68. The lowest BCUT2D eigenvalue weighted by Gasteiger charge is -2.22. The Balaban J connectivity index is 2.27. The smallest absolute Gasteiger partial charge is 0.275 e. The molecule has 0 bridgehead atoms. The number of aliphatic hydroxyl groups is 1. The predicted molar refractivity (Wildman–Crippen MR) is 67.5 cm³/mol. The molecule has 2 aromatic heterocycles. The van der Waals surface area contributed by atoms with Crippen LogP contribution in [0.25, 0.3) is 0 Å². The van der Waals surface area contributed by atoms with Gasteiger partial charge in [0.05, 0.1) is 6.61 Å². The van der Waals surface area contributed by atoms with Gasteiger partial charge in [-0.25, -0.2) is 0 Å². The number of pyridine rings is 1. The van der Waals surface area contributed by atoms with Gasteiger partial charge in [-0.1, -0.05) is 0 Å². The molecular weight excluding hydrogens is 246 g/mol. The maximum atomic E-state index is 12.2. The molecule has 0 radical (unpaired) electrons. The summed E-state index contributed by atoms with van der Waals surface area (Å²) in [5.74, 6) is -1.69. The molecule has 0 saturated carbocycles. The normalized spacial score (nSPS) is 21.7. The number of aromatic nitrogens is 3. The van der Waals surface area contributed by atoms with E-state index in [1.165, 1.54) is 4.68 Å². The molecule has 1 aliphatic rings. The molecule has 0 amide bonds. The molecule has 6 heteroatoms. The number of nitrogens with zero attached hydrogens (tertiary/aromatic N) is 2. The third-order valence-electron chi connectivity index (χ3n) is 3.49. The first kappa shape index (κ1) is 12.1. The van der Waals surface area contributed by atoms with Gasteiger partial charge in [0.2, 0.25) is 5.79 Å². The fourth-order valence-electron chi connectivity index (χ4n) is 2.57. The Morgan fingerprint density at radius 3 is 2.89 bits per heavy atom. The van der Waals surface area contributed by atoms with Gasteiger partial charge in [-0.15, -0.1) is 0 Å². The number of H-pyrrole nitrogens is 1. The summed E-state index contributed by atoms with van der Waals surface area (Å²) < 4.78 is 6.84. The Morgan fingerprint density at radius 1 is 1.53 bits per heavy atom. The summed E-state index contributed by atoms with van der Waals surface area (Å²) in [5.41, 5.74) is 2.71. The van der Waals surface area contributed by atoms with Crippen molar-refractivity contribution in [3.05, 3.63) is 50.7 Å². The molecule has 6 nitrogen and oxygen atoms in total. The Kier molecular flexibility index (Phi) is 2.42. The zero-order chi connectivity index (χ0) is 13.8. The van der Waals surface area contributed by atoms with Crippen molar-refractivity contribution in [1.29, 1.82) is 0 Å². The number of hydrogen-bond acceptors (Lipinski definition) is 4. The minimum Gasteiger partial charge on any atom is -0.358 e. The van der Waals surface area contributed by atoms with Gasteiger partial charge >= 0.3 is 0 Å². The van der Waals surface area contributed by atoms with Gasteiger partial charge in [-0.3, -0.25) is 19.6 Å². The van der Waals surface area contributed by atoms with Crippen LogP contribution in [-0.2, 0) is 24.2 Å². The average Bonchev–Trinajstić information content (AvgIpc) is 2.80. The Hall–Kier alpha value is -1.92. The molecular formula is C13H15N3O3. The first-order valence-corrected chi connectivity index (χ1v) is 6.02. The van der Waals surface area contributed by atoms with Crippen molar-refractivity contribution in [3.8, 4) is 0 Å². The van der Waals surface area contributed by atoms with Crippen molar-refractivity contribution in [1.82, 2.24) is 14.8 Å². The molecule has 3 heterocycles. The molecule has 0 aromatic carbocycles. The minimum atomic E-state index is -1.69. The Labute approximate surface area is 109 Å². The SMILES string of the molecule is Cc1cc2c(cn1)COC2(O)c1c(C)[nH]n(C)c1=O. The number of rotatable bonds is 1. The molecule has 1 unspecified atom stereocenters. The van der Waals surface area contributed by atoms with Gasteiger partial charge in [0, 0.05) is 35.8 Å². The number of fused-ring (bicyclic) bond motifs is 1. The standard InChI is InChI=1S/C13H15N3O3/c1-7-4-10-9(5-14-7)6-19-13(10,18)11-8(2)15-16(3)12(11)17/h4-5,15,18H,6H2,1-3H3. The molecule has 0 fully saturated rings. The molecule has 1 aliphatic heterocycles. The summed E-state index contributed by atoms with van der Waals surface area (Å²) in [6, 6.07) is 1.76. The van der Waals surface area contributed by atoms with Gasteiger partial charge < -0.3 is 9.84 Å². The van der Waals surface area contributed by atoms with Crippen LogP contribution >= 0.6 is 0 Å². The van der Waals surface area contributed by atoms with Crippen LogP contribution in [0, 0.1) is 13.8 Å². The van der Waals surface area contributed by atoms with E-state index in [2.05, 4.69) is 10.1 Å². The van der Waals surface area contributed by atoms with Crippen molar-refractivity contribution in [2.75, 3.05) is 0 Å². The fraction of sp³-hybridized carbons (Fsp3) is 0.385. The Bertz CT molecular complexity index is 716. The average molecular weight is 261 g/mol. The monoisotopic (exact) mass is 261 g/mol. The third kappa shape index (κ3) is 1.57. The highest BCUT2D eigenvalue weighted by molar-refractivity contribution is 5.41. The molecule has 0 spiro atoms. The van der Waals surface area contributed by atoms with E-state index in [4.69, 9.17) is 4.74 Å². The van der Waals surface area contributed by atoms with Crippen LogP contribution < -0.4 is 5.56 Å². The molecule has 0 aliphatic carbocycles. The molecule has 3 rings (SSSR count). The van der Waals surface area contributed by atoms with E-state index in [1.807, 2.05) is 6.92 Å². The summed E-state index contributed by atoms with van der Waals surface area (Å²) in [5, 5.41) is 13.7. The number of nitrogens with one attached hydrogen (secondary N) is 1. The van der Waals surface area contributed by atoms with Crippen LogP contribution in [0.3, 0.4) is 0 Å². The van der Waals surface area contributed by atoms with Crippen molar-refractivity contribution in [3.63, 3.8) is 0 Å². The second-order valence-electron chi connectivity index (χ2n) is 4.89. The van der Waals surface area contributed by atoms with Crippen molar-refractivity contribution >= 4 is 0 Å². The van der Waals surface area contributed by atoms with Crippen LogP contribution in [-0.4, -0.2) is 19.9 Å². The van der Waals surface area contributed by atoms with Crippen molar-refractivity contribution < 1.29 is 9.84 Å². The third-order valence-corrected chi connectivity index (χ3v) is 3.49. The van der Waals surface area contributed by atoms with E-state index < -0.39 is 5.79 Å². The summed E-state index contributed by atoms with van der Waals surface area (Å²) in [6.45, 7) is 3.82. The molecule has 2 aromatic rings. The largest absolute Gasteiger partial charge is 0.358 e. The lowest BCUT2D eigenvalue weighted by Crippen LogP contribution is -2.33. The zero-order valence-electron chi connectivity index (χ0n) is 11.0. The van der Waals surface area contributed by atoms with Crippen LogP contribution in [0.15, 0.2) is 17.1 Å². The fourth-order valence-corrected chi connectivity index (χ4v) is 2.57. The quantitative estimate of drug-likeness (QED) is 0.781. The van der Waals surface area contributed by atoms with Crippen molar-refractivity contribution in [2.24, 2.45) is 7.05 Å². The van der Waals surface area contributed by atoms with E-state index in [-0.39, 0.29) is 17.7 Å². The molecule has 0 saturated heterocycles. The van der Waals surface area contributed by atoms with Gasteiger partial charge in [0.25, 0.3) is 5.56 Å². The van der Waals surface area contributed by atoms with Crippen LogP contribution in [0.5, 0.6) is 0 Å². The first-order valence-electron chi connectivity index (χ1n) is 6.02. The molecule has 1 atom stereocenters. The number of aromatic amines is 1. The first-order chi connectivity index (χ1) is 8.93. The number of hydrogen-bond donors (Lipinski definition) is 2. The lowest BCUT2D eigenvalue weighted by atomic mass is 9.97. The topological polar surface area (TPSA) is 80.1 Å². The van der Waals surface area contributed by atoms with E-state index in [1.54, 1.807) is 26.2 Å². The highest BCUT2D eigenvalue weighted by Gasteiger charge is 2.44. The van der Waals surface area contributed by atoms with Gasteiger partial charge in [0.15, 0.2) is 0 Å². The highest BCUT2D eigenvalue weighted by Crippen LogP contribution is 2.39. The van der Waals surface area contributed by atoms with Gasteiger partial charge in [-0.05, 0) is 19.9 Å². The lowest BCUT2D eigenvalue weighted by molar-refractivity contribution is -0.171. The number of ether oxygens (including phenoxy) is 1. The predicted octanol–water partition coefficient (Wildman–Crippen LogP) is 0.449. The molecule has 2 N–H and O–H groups in total. The summed E-state index contributed by atoms with van der Waals surface area (Å²) >= 11 is 0. The zero-order valence-corrected chi connectivity index (χ0v) is 11.0. The maximum Gasteiger partial charge on any atom is 0.275 e. The second kappa shape index (κ2) is 3.79. The molecule has 100 valence electrons. The van der Waals surface area contributed by atoms with Gasteiger partial charge in [-0.2, -0.15) is 0 Å². The highest BCUT2D eigenvalue weighted by atomic mass is 16.6. The van der Waals surface area contributed by atoms with E-state index in [9.17, 15) is 9.90 Å². The van der Waals surface area contributed by atoms with Gasteiger partial charge in [0.1, 0.15) is 5.56 Å². The Morgan fingerprint density at radius 2 is 2.26 bits per heavy atom. The van der Waals surface area contributed by atoms with E-state index in [0.29, 0.717) is 11.3 Å². The summed E-state index contributed by atoms with van der Waals surface area (Å²) in [7, 11) is 1.61. The maximum absolute atomic E-state index is 12.2. The van der Waals surface area contributed by atoms with E-state index >= 15 is 0 Å².